The molecular formula is C6H14FNO. The summed E-state index contributed by atoms with van der Waals surface area (Å²) in [4.78, 5) is 0. The Balaban J connectivity index is 3.58. The fraction of sp³-hybridized carbons (Fsp3) is 1.00. The average Bonchev–Trinajstić information content (AvgIpc) is 1.84. The van der Waals surface area contributed by atoms with Crippen LogP contribution in [0.25, 0.3) is 0 Å². The molecule has 0 bridgehead atoms. The number of alkyl halides is 1. The van der Waals surface area contributed by atoms with Crippen LogP contribution in [-0.2, 0) is 0 Å². The Hall–Kier alpha value is -0.150. The molecule has 0 aliphatic heterocycles. The van der Waals surface area contributed by atoms with Gasteiger partial charge in [0.15, 0.2) is 0 Å². The molecule has 0 spiro atoms. The summed E-state index contributed by atoms with van der Waals surface area (Å²) in [5.41, 5.74) is 5.19. The molecule has 3 N–H and O–H groups in total. The second-order valence-corrected chi connectivity index (χ2v) is 2.53. The van der Waals surface area contributed by atoms with Gasteiger partial charge in [0.05, 0.1) is 12.6 Å². The van der Waals surface area contributed by atoms with Crippen LogP contribution in [-0.4, -0.2) is 23.9 Å². The highest BCUT2D eigenvalue weighted by molar-refractivity contribution is 4.73. The Morgan fingerprint density at radius 1 is 1.56 bits per heavy atom. The molecule has 2 atom stereocenters. The molecule has 0 aromatic heterocycles. The summed E-state index contributed by atoms with van der Waals surface area (Å²) in [5.74, 6) is -0.104. The Morgan fingerprint density at radius 3 is 2.11 bits per heavy atom. The van der Waals surface area contributed by atoms with Crippen LogP contribution < -0.4 is 5.73 Å². The Bertz CT molecular complexity index is 77.5. The number of rotatable bonds is 3. The molecule has 0 rings (SSSR count). The summed E-state index contributed by atoms with van der Waals surface area (Å²) in [7, 11) is 0. The van der Waals surface area contributed by atoms with Crippen molar-refractivity contribution in [1.29, 1.82) is 0 Å². The van der Waals surface area contributed by atoms with Crippen LogP contribution in [0.5, 0.6) is 0 Å². The molecule has 9 heavy (non-hydrogen) atoms. The molecular weight excluding hydrogens is 121 g/mol. The highest BCUT2D eigenvalue weighted by Gasteiger charge is 2.18. The van der Waals surface area contributed by atoms with Crippen molar-refractivity contribution in [1.82, 2.24) is 0 Å². The molecule has 0 aliphatic carbocycles. The quantitative estimate of drug-likeness (QED) is 0.584. The maximum absolute atomic E-state index is 12.6. The smallest absolute Gasteiger partial charge is 0.120 e. The van der Waals surface area contributed by atoms with Gasteiger partial charge in [-0.25, -0.2) is 4.39 Å². The lowest BCUT2D eigenvalue weighted by Crippen LogP contribution is -2.38. The van der Waals surface area contributed by atoms with Gasteiger partial charge in [-0.05, 0) is 5.92 Å². The molecule has 0 heterocycles. The minimum absolute atomic E-state index is 0.104. The van der Waals surface area contributed by atoms with Gasteiger partial charge in [0.1, 0.15) is 6.17 Å². The minimum Gasteiger partial charge on any atom is -0.395 e. The van der Waals surface area contributed by atoms with Crippen molar-refractivity contribution in [2.45, 2.75) is 26.1 Å². The SMILES string of the molecule is CC(C)C(F)C(N)CO. The number of hydrogen-bond acceptors (Lipinski definition) is 2. The summed E-state index contributed by atoms with van der Waals surface area (Å²) in [6.07, 6.45) is -1.09. The first kappa shape index (κ1) is 8.85. The minimum atomic E-state index is -1.09. The highest BCUT2D eigenvalue weighted by Crippen LogP contribution is 2.08. The van der Waals surface area contributed by atoms with Crippen LogP contribution in [0.15, 0.2) is 0 Å². The van der Waals surface area contributed by atoms with E-state index in [4.69, 9.17) is 10.8 Å². The third-order valence-corrected chi connectivity index (χ3v) is 1.26. The van der Waals surface area contributed by atoms with Crippen molar-refractivity contribution in [2.24, 2.45) is 11.7 Å². The van der Waals surface area contributed by atoms with E-state index >= 15 is 0 Å². The second-order valence-electron chi connectivity index (χ2n) is 2.53. The predicted molar refractivity (Wildman–Crippen MR) is 34.8 cm³/mol. The van der Waals surface area contributed by atoms with Gasteiger partial charge >= 0.3 is 0 Å². The van der Waals surface area contributed by atoms with E-state index in [1.54, 1.807) is 13.8 Å². The number of aliphatic hydroxyl groups excluding tert-OH is 1. The third-order valence-electron chi connectivity index (χ3n) is 1.26. The summed E-state index contributed by atoms with van der Waals surface area (Å²) < 4.78 is 12.6. The number of aliphatic hydroxyl groups is 1. The molecule has 0 fully saturated rings. The van der Waals surface area contributed by atoms with Gasteiger partial charge in [-0.2, -0.15) is 0 Å². The maximum atomic E-state index is 12.6. The molecule has 0 aliphatic rings. The van der Waals surface area contributed by atoms with Crippen LogP contribution >= 0.6 is 0 Å². The van der Waals surface area contributed by atoms with E-state index in [1.165, 1.54) is 0 Å². The largest absolute Gasteiger partial charge is 0.395 e. The van der Waals surface area contributed by atoms with E-state index in [0.717, 1.165) is 0 Å². The topological polar surface area (TPSA) is 46.2 Å². The highest BCUT2D eigenvalue weighted by atomic mass is 19.1. The normalized spacial score (nSPS) is 18.0. The zero-order chi connectivity index (χ0) is 7.44. The predicted octanol–water partition coefficient (Wildman–Crippen LogP) is 0.300. The van der Waals surface area contributed by atoms with Gasteiger partial charge < -0.3 is 10.8 Å². The van der Waals surface area contributed by atoms with Crippen molar-refractivity contribution in [3.8, 4) is 0 Å². The van der Waals surface area contributed by atoms with Crippen molar-refractivity contribution >= 4 is 0 Å². The zero-order valence-electron chi connectivity index (χ0n) is 5.84. The van der Waals surface area contributed by atoms with E-state index in [-0.39, 0.29) is 12.5 Å². The van der Waals surface area contributed by atoms with Crippen LogP contribution in [0.1, 0.15) is 13.8 Å². The first-order valence-electron chi connectivity index (χ1n) is 3.10. The Kier molecular flexibility index (Phi) is 3.73. The summed E-state index contributed by atoms with van der Waals surface area (Å²) >= 11 is 0. The van der Waals surface area contributed by atoms with Crippen molar-refractivity contribution in [3.05, 3.63) is 0 Å². The van der Waals surface area contributed by atoms with Gasteiger partial charge in [-0.15, -0.1) is 0 Å². The molecule has 3 heteroatoms. The standard InChI is InChI=1S/C6H14FNO/c1-4(2)6(7)5(8)3-9/h4-6,9H,3,8H2,1-2H3. The Labute approximate surface area is 54.9 Å². The van der Waals surface area contributed by atoms with Crippen LogP contribution in [0.4, 0.5) is 4.39 Å². The van der Waals surface area contributed by atoms with Gasteiger partial charge in [-0.3, -0.25) is 0 Å². The Morgan fingerprint density at radius 2 is 2.00 bits per heavy atom. The van der Waals surface area contributed by atoms with E-state index in [1.807, 2.05) is 0 Å². The summed E-state index contributed by atoms with van der Waals surface area (Å²) in [6.45, 7) is 3.19. The van der Waals surface area contributed by atoms with E-state index in [9.17, 15) is 4.39 Å². The van der Waals surface area contributed by atoms with Crippen molar-refractivity contribution in [2.75, 3.05) is 6.61 Å². The lowest BCUT2D eigenvalue weighted by molar-refractivity contribution is 0.154. The monoisotopic (exact) mass is 135 g/mol. The van der Waals surface area contributed by atoms with Gasteiger partial charge in [0.2, 0.25) is 0 Å². The lowest BCUT2D eigenvalue weighted by atomic mass is 10.0. The van der Waals surface area contributed by atoms with Crippen molar-refractivity contribution < 1.29 is 9.50 Å². The number of nitrogens with two attached hydrogens (primary N) is 1. The molecule has 0 aromatic carbocycles. The zero-order valence-corrected chi connectivity index (χ0v) is 5.84. The molecule has 0 saturated carbocycles. The molecule has 0 amide bonds. The first-order chi connectivity index (χ1) is 4.09. The average molecular weight is 135 g/mol. The summed E-state index contributed by atoms with van der Waals surface area (Å²) in [5, 5.41) is 8.39. The van der Waals surface area contributed by atoms with E-state index in [0.29, 0.717) is 0 Å². The van der Waals surface area contributed by atoms with E-state index in [2.05, 4.69) is 0 Å². The molecule has 2 nitrogen and oxygen atoms in total. The van der Waals surface area contributed by atoms with Gasteiger partial charge in [-0.1, -0.05) is 13.8 Å². The maximum Gasteiger partial charge on any atom is 0.120 e. The van der Waals surface area contributed by atoms with Crippen LogP contribution in [0, 0.1) is 5.92 Å². The second kappa shape index (κ2) is 3.80. The fourth-order valence-corrected chi connectivity index (χ4v) is 0.595. The van der Waals surface area contributed by atoms with E-state index < -0.39 is 12.2 Å². The number of halogens is 1. The molecule has 0 aromatic rings. The first-order valence-corrected chi connectivity index (χ1v) is 3.10. The molecule has 56 valence electrons. The molecule has 0 radical (unpaired) electrons. The third kappa shape index (κ3) is 2.77. The van der Waals surface area contributed by atoms with Crippen LogP contribution in [0.3, 0.4) is 0 Å². The van der Waals surface area contributed by atoms with Crippen LogP contribution in [0.2, 0.25) is 0 Å². The number of hydrogen-bond donors (Lipinski definition) is 2. The van der Waals surface area contributed by atoms with Gasteiger partial charge in [0, 0.05) is 0 Å². The fourth-order valence-electron chi connectivity index (χ4n) is 0.595. The van der Waals surface area contributed by atoms with Crippen molar-refractivity contribution in [3.63, 3.8) is 0 Å². The molecule has 2 unspecified atom stereocenters. The summed E-state index contributed by atoms with van der Waals surface area (Å²) in [6, 6.07) is -0.718. The molecule has 0 saturated heterocycles. The lowest BCUT2D eigenvalue weighted by Gasteiger charge is -2.16. The van der Waals surface area contributed by atoms with Gasteiger partial charge in [0.25, 0.3) is 0 Å².